The zero-order valence-electron chi connectivity index (χ0n) is 12.3. The quantitative estimate of drug-likeness (QED) is 0.645. The summed E-state index contributed by atoms with van der Waals surface area (Å²) in [6.07, 6.45) is 1.60. The fourth-order valence-corrected chi connectivity index (χ4v) is 1.45. The molecule has 0 fully saturated rings. The summed E-state index contributed by atoms with van der Waals surface area (Å²) >= 11 is 0. The van der Waals surface area contributed by atoms with Crippen LogP contribution in [0.5, 0.6) is 0 Å². The van der Waals surface area contributed by atoms with Gasteiger partial charge in [-0.1, -0.05) is 17.9 Å². The fraction of sp³-hybridized carbons (Fsp3) is 0.250. The maximum absolute atomic E-state index is 11.7. The molecule has 0 radical (unpaired) electrons. The lowest BCUT2D eigenvalue weighted by molar-refractivity contribution is 0.0827. The zero-order chi connectivity index (χ0) is 15.7. The molecule has 0 unspecified atom stereocenters. The number of hydrogen-bond donors (Lipinski definition) is 2. The van der Waals surface area contributed by atoms with Gasteiger partial charge in [0.2, 0.25) is 0 Å². The number of carbonyl (C=O) groups excluding carboxylic acids is 2. The lowest BCUT2D eigenvalue weighted by Crippen LogP contribution is -2.35. The van der Waals surface area contributed by atoms with Gasteiger partial charge in [0.05, 0.1) is 6.54 Å². The van der Waals surface area contributed by atoms with Crippen LogP contribution in [0.1, 0.15) is 15.9 Å². The summed E-state index contributed by atoms with van der Waals surface area (Å²) < 4.78 is 0. The van der Waals surface area contributed by atoms with E-state index < -0.39 is 0 Å². The lowest BCUT2D eigenvalue weighted by Gasteiger charge is -2.09. The van der Waals surface area contributed by atoms with Crippen molar-refractivity contribution < 1.29 is 9.59 Å². The average Bonchev–Trinajstić information content (AvgIpc) is 2.49. The van der Waals surface area contributed by atoms with Crippen molar-refractivity contribution in [1.29, 1.82) is 0 Å². The van der Waals surface area contributed by atoms with Crippen molar-refractivity contribution in [3.63, 3.8) is 0 Å². The Morgan fingerprint density at radius 1 is 1.24 bits per heavy atom. The predicted molar refractivity (Wildman–Crippen MR) is 82.9 cm³/mol. The van der Waals surface area contributed by atoms with Gasteiger partial charge in [-0.05, 0) is 24.3 Å². The molecule has 0 aliphatic heterocycles. The van der Waals surface area contributed by atoms with Crippen LogP contribution in [-0.4, -0.2) is 44.0 Å². The molecule has 0 heterocycles. The van der Waals surface area contributed by atoms with E-state index in [1.54, 1.807) is 44.4 Å². The summed E-state index contributed by atoms with van der Waals surface area (Å²) in [6, 6.07) is 6.74. The van der Waals surface area contributed by atoms with Crippen LogP contribution in [-0.2, 0) is 0 Å². The highest BCUT2D eigenvalue weighted by molar-refractivity contribution is 5.93. The molecule has 5 heteroatoms. The van der Waals surface area contributed by atoms with Crippen molar-refractivity contribution in [3.8, 4) is 11.8 Å². The first-order valence-electron chi connectivity index (χ1n) is 6.47. The maximum atomic E-state index is 11.7. The molecule has 5 nitrogen and oxygen atoms in total. The molecule has 0 atom stereocenters. The Labute approximate surface area is 125 Å². The summed E-state index contributed by atoms with van der Waals surface area (Å²) in [5.74, 6) is 5.71. The van der Waals surface area contributed by atoms with Crippen LogP contribution in [0, 0.1) is 11.8 Å². The number of nitrogens with one attached hydrogen (secondary N) is 2. The first-order chi connectivity index (χ1) is 10.0. The van der Waals surface area contributed by atoms with Crippen LogP contribution in [0.25, 0.3) is 0 Å². The van der Waals surface area contributed by atoms with Crippen LogP contribution in [0.15, 0.2) is 36.9 Å². The molecule has 21 heavy (non-hydrogen) atoms. The highest BCUT2D eigenvalue weighted by Gasteiger charge is 2.06. The van der Waals surface area contributed by atoms with E-state index in [4.69, 9.17) is 0 Å². The fourth-order valence-electron chi connectivity index (χ4n) is 1.45. The molecule has 0 aliphatic rings. The molecule has 110 valence electrons. The van der Waals surface area contributed by atoms with Crippen molar-refractivity contribution in [3.05, 3.63) is 48.0 Å². The summed E-state index contributed by atoms with van der Waals surface area (Å²) in [7, 11) is 3.41. The first-order valence-corrected chi connectivity index (χ1v) is 6.47. The third-order valence-corrected chi connectivity index (χ3v) is 2.52. The van der Waals surface area contributed by atoms with Crippen molar-refractivity contribution >= 4 is 11.9 Å². The first kappa shape index (κ1) is 16.3. The minimum absolute atomic E-state index is 0.0462. The molecule has 1 aromatic rings. The van der Waals surface area contributed by atoms with Gasteiger partial charge in [-0.2, -0.15) is 0 Å². The summed E-state index contributed by atoms with van der Waals surface area (Å²) in [5, 5.41) is 5.18. The number of benzene rings is 1. The third-order valence-electron chi connectivity index (χ3n) is 2.52. The Balaban J connectivity index is 2.50. The summed E-state index contributed by atoms with van der Waals surface area (Å²) in [6.45, 7) is 4.17. The molecule has 0 saturated heterocycles. The average molecular weight is 285 g/mol. The maximum Gasteiger partial charge on any atom is 0.315 e. The molecule has 3 amide bonds. The van der Waals surface area contributed by atoms with E-state index in [-0.39, 0.29) is 18.5 Å². The lowest BCUT2D eigenvalue weighted by atomic mass is 10.1. The van der Waals surface area contributed by atoms with Crippen LogP contribution >= 0.6 is 0 Å². The van der Waals surface area contributed by atoms with E-state index in [1.165, 1.54) is 4.90 Å². The standard InChI is InChI=1S/C16H19N3O2/c1-4-11-17-16(21)18-12-5-6-13-7-9-14(10-8-13)15(20)19(2)3/h4,7-10H,1,11-12H2,2-3H3,(H2,17,18,21). The molecule has 0 bridgehead atoms. The number of urea groups is 1. The van der Waals surface area contributed by atoms with E-state index >= 15 is 0 Å². The Hall–Kier alpha value is -2.74. The van der Waals surface area contributed by atoms with Gasteiger partial charge in [-0.3, -0.25) is 4.79 Å². The Bertz CT molecular complexity index is 565. The van der Waals surface area contributed by atoms with Gasteiger partial charge in [0.25, 0.3) is 5.91 Å². The molecule has 0 spiro atoms. The molecule has 0 aliphatic carbocycles. The highest BCUT2D eigenvalue weighted by atomic mass is 16.2. The van der Waals surface area contributed by atoms with Crippen LogP contribution in [0.4, 0.5) is 4.79 Å². The van der Waals surface area contributed by atoms with E-state index in [2.05, 4.69) is 29.1 Å². The molecule has 0 saturated carbocycles. The number of carbonyl (C=O) groups is 2. The normalized spacial score (nSPS) is 9.05. The van der Waals surface area contributed by atoms with Crippen molar-refractivity contribution in [2.45, 2.75) is 0 Å². The van der Waals surface area contributed by atoms with Gasteiger partial charge in [0, 0.05) is 31.8 Å². The molecule has 1 rings (SSSR count). The number of rotatable bonds is 4. The SMILES string of the molecule is C=CCNC(=O)NCC#Cc1ccc(C(=O)N(C)C)cc1. The van der Waals surface area contributed by atoms with Crippen molar-refractivity contribution in [2.24, 2.45) is 0 Å². The van der Waals surface area contributed by atoms with E-state index in [0.29, 0.717) is 12.1 Å². The van der Waals surface area contributed by atoms with E-state index in [0.717, 1.165) is 5.56 Å². The largest absolute Gasteiger partial charge is 0.345 e. The highest BCUT2D eigenvalue weighted by Crippen LogP contribution is 2.05. The van der Waals surface area contributed by atoms with Crippen LogP contribution in [0.3, 0.4) is 0 Å². The summed E-state index contributed by atoms with van der Waals surface area (Å²) in [4.78, 5) is 24.4. The van der Waals surface area contributed by atoms with Crippen LogP contribution < -0.4 is 10.6 Å². The second kappa shape index (κ2) is 8.43. The Morgan fingerprint density at radius 3 is 2.48 bits per heavy atom. The topological polar surface area (TPSA) is 61.4 Å². The number of amides is 3. The molecule has 0 aromatic heterocycles. The number of hydrogen-bond acceptors (Lipinski definition) is 2. The molecular weight excluding hydrogens is 266 g/mol. The zero-order valence-corrected chi connectivity index (χ0v) is 12.3. The molecule has 2 N–H and O–H groups in total. The molecule has 1 aromatic carbocycles. The van der Waals surface area contributed by atoms with Gasteiger partial charge in [0.15, 0.2) is 0 Å². The van der Waals surface area contributed by atoms with Gasteiger partial charge in [-0.15, -0.1) is 6.58 Å². The number of nitrogens with zero attached hydrogens (tertiary/aromatic N) is 1. The minimum Gasteiger partial charge on any atom is -0.345 e. The predicted octanol–water partition coefficient (Wildman–Crippen LogP) is 1.23. The van der Waals surface area contributed by atoms with Gasteiger partial charge < -0.3 is 15.5 Å². The minimum atomic E-state index is -0.281. The second-order valence-electron chi connectivity index (χ2n) is 4.43. The molecular formula is C16H19N3O2. The van der Waals surface area contributed by atoms with E-state index in [9.17, 15) is 9.59 Å². The smallest absolute Gasteiger partial charge is 0.315 e. The second-order valence-corrected chi connectivity index (χ2v) is 4.43. The van der Waals surface area contributed by atoms with Crippen molar-refractivity contribution in [1.82, 2.24) is 15.5 Å². The van der Waals surface area contributed by atoms with Crippen LogP contribution in [0.2, 0.25) is 0 Å². The van der Waals surface area contributed by atoms with Gasteiger partial charge >= 0.3 is 6.03 Å². The monoisotopic (exact) mass is 285 g/mol. The van der Waals surface area contributed by atoms with Gasteiger partial charge in [0.1, 0.15) is 0 Å². The van der Waals surface area contributed by atoms with Crippen molar-refractivity contribution in [2.75, 3.05) is 27.2 Å². The third kappa shape index (κ3) is 5.83. The summed E-state index contributed by atoms with van der Waals surface area (Å²) in [5.41, 5.74) is 1.41. The van der Waals surface area contributed by atoms with E-state index in [1.807, 2.05) is 0 Å². The Kier molecular flexibility index (Phi) is 6.55. The van der Waals surface area contributed by atoms with Gasteiger partial charge in [-0.25, -0.2) is 4.79 Å². The Morgan fingerprint density at radius 2 is 1.90 bits per heavy atom.